The summed E-state index contributed by atoms with van der Waals surface area (Å²) in [6.07, 6.45) is 4.01. The summed E-state index contributed by atoms with van der Waals surface area (Å²) in [5, 5.41) is 8.42. The number of hydrogen-bond acceptors (Lipinski definition) is 5. The highest BCUT2D eigenvalue weighted by atomic mass is 16.5. The van der Waals surface area contributed by atoms with E-state index < -0.39 is 0 Å². The lowest BCUT2D eigenvalue weighted by molar-refractivity contribution is 0.0745. The molecule has 6 heteroatoms. The summed E-state index contributed by atoms with van der Waals surface area (Å²) in [5.74, 6) is 0.506. The van der Waals surface area contributed by atoms with Crippen LogP contribution in [0.15, 0.2) is 10.6 Å². The van der Waals surface area contributed by atoms with Crippen molar-refractivity contribution in [1.29, 1.82) is 0 Å². The smallest absolute Gasteiger partial charge is 0.259 e. The highest BCUT2D eigenvalue weighted by molar-refractivity contribution is 6.06. The molecule has 1 saturated heterocycles. The van der Waals surface area contributed by atoms with Gasteiger partial charge in [-0.05, 0) is 43.7 Å². The molecule has 6 nitrogen and oxygen atoms in total. The molecular weight excluding hydrogens is 328 g/mol. The Morgan fingerprint density at radius 3 is 2.73 bits per heavy atom. The predicted octanol–water partition coefficient (Wildman–Crippen LogP) is 3.12. The van der Waals surface area contributed by atoms with E-state index >= 15 is 0 Å². The third kappa shape index (κ3) is 3.34. The number of carbonyl (C=O) groups is 1. The van der Waals surface area contributed by atoms with Crippen molar-refractivity contribution >= 4 is 17.0 Å². The summed E-state index contributed by atoms with van der Waals surface area (Å²) >= 11 is 0. The first-order valence-electron chi connectivity index (χ1n) is 9.60. The molecule has 3 heterocycles. The second-order valence-corrected chi connectivity index (χ2v) is 8.98. The van der Waals surface area contributed by atoms with Crippen LogP contribution in [0.25, 0.3) is 11.1 Å². The normalized spacial score (nSPS) is 20.7. The predicted molar refractivity (Wildman–Crippen MR) is 100 cm³/mol. The highest BCUT2D eigenvalue weighted by Crippen LogP contribution is 2.41. The number of nitrogens with one attached hydrogen (secondary N) is 1. The molecule has 2 aromatic rings. The quantitative estimate of drug-likeness (QED) is 0.911. The number of hydrogen-bond donors (Lipinski definition) is 1. The van der Waals surface area contributed by atoms with Gasteiger partial charge < -0.3 is 14.7 Å². The van der Waals surface area contributed by atoms with Gasteiger partial charge in [0.1, 0.15) is 0 Å². The number of pyridine rings is 1. The lowest BCUT2D eigenvalue weighted by Crippen LogP contribution is -2.38. The van der Waals surface area contributed by atoms with Crippen molar-refractivity contribution in [1.82, 2.24) is 20.4 Å². The van der Waals surface area contributed by atoms with Gasteiger partial charge in [0.25, 0.3) is 11.6 Å². The minimum atomic E-state index is 0.0476. The number of carbonyl (C=O) groups excluding carboxylic acids is 1. The van der Waals surface area contributed by atoms with Crippen LogP contribution in [0.5, 0.6) is 0 Å². The van der Waals surface area contributed by atoms with Gasteiger partial charge >= 0.3 is 0 Å². The lowest BCUT2D eigenvalue weighted by Gasteiger charge is -2.24. The Morgan fingerprint density at radius 1 is 1.35 bits per heavy atom. The number of nitrogens with zero attached hydrogens (tertiary/aromatic N) is 3. The Balaban J connectivity index is 1.79. The fourth-order valence-corrected chi connectivity index (χ4v) is 3.74. The minimum Gasteiger partial charge on any atom is -0.337 e. The maximum Gasteiger partial charge on any atom is 0.259 e. The molecule has 1 aliphatic carbocycles. The molecule has 1 saturated carbocycles. The highest BCUT2D eigenvalue weighted by Gasteiger charge is 2.32. The van der Waals surface area contributed by atoms with E-state index in [0.29, 0.717) is 17.2 Å². The fraction of sp³-hybridized carbons (Fsp3) is 0.650. The maximum absolute atomic E-state index is 13.4. The maximum atomic E-state index is 13.4. The van der Waals surface area contributed by atoms with E-state index in [1.165, 1.54) is 0 Å². The van der Waals surface area contributed by atoms with Crippen molar-refractivity contribution in [3.8, 4) is 0 Å². The third-order valence-corrected chi connectivity index (χ3v) is 5.36. The van der Waals surface area contributed by atoms with E-state index in [4.69, 9.17) is 4.52 Å². The topological polar surface area (TPSA) is 71.3 Å². The Bertz CT molecular complexity index is 826. The second-order valence-electron chi connectivity index (χ2n) is 8.98. The van der Waals surface area contributed by atoms with Gasteiger partial charge in [-0.25, -0.2) is 4.98 Å². The zero-order chi connectivity index (χ0) is 18.5. The molecule has 4 rings (SSSR count). The van der Waals surface area contributed by atoms with Crippen LogP contribution in [0.4, 0.5) is 0 Å². The standard InChI is InChI=1S/C20H28N4O2/c1-20(2,3)10-16-17-14(19(25)24(4)13-7-8-21-11-13)9-15(12-5-6-12)22-18(17)26-23-16/h9,12-13,21H,5-8,10-11H2,1-4H3. The number of rotatable bonds is 4. The first-order valence-corrected chi connectivity index (χ1v) is 9.60. The van der Waals surface area contributed by atoms with Crippen LogP contribution in [0, 0.1) is 5.41 Å². The molecule has 0 radical (unpaired) electrons. The molecule has 1 N–H and O–H groups in total. The summed E-state index contributed by atoms with van der Waals surface area (Å²) < 4.78 is 5.57. The Morgan fingerprint density at radius 2 is 2.12 bits per heavy atom. The largest absolute Gasteiger partial charge is 0.337 e. The molecule has 0 bridgehead atoms. The lowest BCUT2D eigenvalue weighted by atomic mass is 9.89. The van der Waals surface area contributed by atoms with E-state index in [9.17, 15) is 4.79 Å². The minimum absolute atomic E-state index is 0.0476. The average molecular weight is 356 g/mol. The summed E-state index contributed by atoms with van der Waals surface area (Å²) in [4.78, 5) is 19.9. The summed E-state index contributed by atoms with van der Waals surface area (Å²) in [5.41, 5.74) is 3.07. The summed E-state index contributed by atoms with van der Waals surface area (Å²) in [7, 11) is 1.90. The monoisotopic (exact) mass is 356 g/mol. The Kier molecular flexibility index (Phi) is 4.26. The number of amides is 1. The molecule has 2 fully saturated rings. The molecule has 140 valence electrons. The van der Waals surface area contributed by atoms with Crippen LogP contribution in [0.2, 0.25) is 0 Å². The summed E-state index contributed by atoms with van der Waals surface area (Å²) in [6.45, 7) is 8.31. The van der Waals surface area contributed by atoms with Crippen LogP contribution >= 0.6 is 0 Å². The van der Waals surface area contributed by atoms with Crippen LogP contribution in [-0.4, -0.2) is 47.1 Å². The molecule has 26 heavy (non-hydrogen) atoms. The van der Waals surface area contributed by atoms with Gasteiger partial charge in [-0.2, -0.15) is 0 Å². The number of likely N-dealkylation sites (N-methyl/N-ethyl adjacent to an activating group) is 1. The Hall–Kier alpha value is -1.95. The van der Waals surface area contributed by atoms with Crippen LogP contribution in [0.3, 0.4) is 0 Å². The van der Waals surface area contributed by atoms with Crippen LogP contribution in [0.1, 0.15) is 67.7 Å². The molecule has 2 aliphatic rings. The molecule has 1 amide bonds. The number of fused-ring (bicyclic) bond motifs is 1. The first kappa shape index (κ1) is 17.5. The zero-order valence-corrected chi connectivity index (χ0v) is 16.1. The van der Waals surface area contributed by atoms with Crippen molar-refractivity contribution < 1.29 is 9.32 Å². The van der Waals surface area contributed by atoms with Crippen LogP contribution < -0.4 is 5.32 Å². The SMILES string of the molecule is CN(C(=O)c1cc(C2CC2)nc2onc(CC(C)(C)C)c12)C1CCNC1. The van der Waals surface area contributed by atoms with Crippen LogP contribution in [-0.2, 0) is 6.42 Å². The fourth-order valence-electron chi connectivity index (χ4n) is 3.74. The van der Waals surface area contributed by atoms with E-state index in [-0.39, 0.29) is 17.4 Å². The van der Waals surface area contributed by atoms with Gasteiger partial charge in [-0.1, -0.05) is 25.9 Å². The van der Waals surface area contributed by atoms with E-state index in [1.54, 1.807) is 0 Å². The van der Waals surface area contributed by atoms with Crippen molar-refractivity contribution in [3.63, 3.8) is 0 Å². The van der Waals surface area contributed by atoms with Gasteiger partial charge in [0.15, 0.2) is 0 Å². The van der Waals surface area contributed by atoms with Gasteiger partial charge in [-0.3, -0.25) is 4.79 Å². The average Bonchev–Trinajstić information content (AvgIpc) is 3.15. The summed E-state index contributed by atoms with van der Waals surface area (Å²) in [6, 6.07) is 2.23. The van der Waals surface area contributed by atoms with Crippen molar-refractivity contribution in [2.45, 2.75) is 58.4 Å². The van der Waals surface area contributed by atoms with Gasteiger partial charge in [0.2, 0.25) is 0 Å². The zero-order valence-electron chi connectivity index (χ0n) is 16.1. The van der Waals surface area contributed by atoms with Crippen molar-refractivity contribution in [3.05, 3.63) is 23.0 Å². The van der Waals surface area contributed by atoms with Gasteiger partial charge in [0, 0.05) is 31.2 Å². The third-order valence-electron chi connectivity index (χ3n) is 5.36. The van der Waals surface area contributed by atoms with Crippen molar-refractivity contribution in [2.75, 3.05) is 20.1 Å². The second kappa shape index (κ2) is 6.34. The Labute approximate surface area is 154 Å². The van der Waals surface area contributed by atoms with E-state index in [2.05, 4.69) is 36.2 Å². The molecular formula is C20H28N4O2. The van der Waals surface area contributed by atoms with E-state index in [0.717, 1.165) is 55.5 Å². The first-order chi connectivity index (χ1) is 12.3. The number of aromatic nitrogens is 2. The molecule has 0 spiro atoms. The molecule has 2 aromatic heterocycles. The van der Waals surface area contributed by atoms with E-state index in [1.807, 2.05) is 18.0 Å². The molecule has 1 atom stereocenters. The van der Waals surface area contributed by atoms with Crippen molar-refractivity contribution in [2.24, 2.45) is 5.41 Å². The molecule has 0 aromatic carbocycles. The van der Waals surface area contributed by atoms with Gasteiger partial charge in [-0.15, -0.1) is 0 Å². The molecule has 1 aliphatic heterocycles. The molecule has 1 unspecified atom stereocenters. The van der Waals surface area contributed by atoms with Gasteiger partial charge in [0.05, 0.1) is 16.6 Å².